The number of aryl methyl sites for hydroxylation is 2. The van der Waals surface area contributed by atoms with E-state index >= 15 is 0 Å². The third-order valence-corrected chi connectivity index (χ3v) is 5.30. The molecular formula is C13H18N2O4S. The molecule has 0 radical (unpaired) electrons. The highest BCUT2D eigenvalue weighted by Crippen LogP contribution is 2.18. The van der Waals surface area contributed by atoms with Gasteiger partial charge in [-0.15, -0.1) is 0 Å². The lowest BCUT2D eigenvalue weighted by Gasteiger charge is -2.11. The fourth-order valence-corrected chi connectivity index (χ4v) is 4.16. The highest BCUT2D eigenvalue weighted by molar-refractivity contribution is 7.91. The van der Waals surface area contributed by atoms with Gasteiger partial charge in [0.25, 0.3) is 5.56 Å². The number of amides is 1. The van der Waals surface area contributed by atoms with Crippen molar-refractivity contribution in [2.24, 2.45) is 5.92 Å². The number of carbonyl (C=O) groups is 1. The molecule has 0 bridgehead atoms. The first-order valence-electron chi connectivity index (χ1n) is 6.46. The second-order valence-corrected chi connectivity index (χ2v) is 7.49. The number of sulfone groups is 1. The van der Waals surface area contributed by atoms with Gasteiger partial charge in [-0.25, -0.2) is 8.42 Å². The molecule has 1 saturated heterocycles. The zero-order valence-electron chi connectivity index (χ0n) is 11.5. The molecule has 0 saturated carbocycles. The molecule has 1 aromatic rings. The fraction of sp³-hybridized carbons (Fsp3) is 0.538. The molecule has 1 amide bonds. The molecule has 6 nitrogen and oxygen atoms in total. The van der Waals surface area contributed by atoms with E-state index in [9.17, 15) is 18.0 Å². The molecule has 0 aromatic carbocycles. The van der Waals surface area contributed by atoms with Crippen LogP contribution in [0.2, 0.25) is 0 Å². The molecule has 0 unspecified atom stereocenters. The van der Waals surface area contributed by atoms with Crippen LogP contribution < -0.4 is 10.9 Å². The number of hydrogen-bond donors (Lipinski definition) is 2. The number of aromatic nitrogens is 1. The van der Waals surface area contributed by atoms with Crippen molar-refractivity contribution < 1.29 is 13.2 Å². The topological polar surface area (TPSA) is 96.1 Å². The van der Waals surface area contributed by atoms with Gasteiger partial charge in [-0.05, 0) is 31.9 Å². The van der Waals surface area contributed by atoms with Crippen LogP contribution in [0.1, 0.15) is 23.2 Å². The Morgan fingerprint density at radius 1 is 1.45 bits per heavy atom. The molecule has 2 heterocycles. The minimum absolute atomic E-state index is 0.0647. The van der Waals surface area contributed by atoms with Gasteiger partial charge in [0.15, 0.2) is 9.84 Å². The van der Waals surface area contributed by atoms with Crippen molar-refractivity contribution in [3.63, 3.8) is 0 Å². The summed E-state index contributed by atoms with van der Waals surface area (Å²) in [5.41, 5.74) is 1.86. The molecule has 2 N–H and O–H groups in total. The Labute approximate surface area is 117 Å². The standard InChI is InChI=1S/C13H18N2O4S/c1-8-5-9(2)15-13(17)11(8)6-14-12(16)10-3-4-20(18,19)7-10/h5,10H,3-4,6-7H2,1-2H3,(H,14,16)(H,15,17)/t10-/m1/s1. The summed E-state index contributed by atoms with van der Waals surface area (Å²) in [5.74, 6) is -0.826. The zero-order valence-corrected chi connectivity index (χ0v) is 12.3. The lowest BCUT2D eigenvalue weighted by molar-refractivity contribution is -0.124. The number of H-pyrrole nitrogens is 1. The Balaban J connectivity index is 2.03. The number of aromatic amines is 1. The average molecular weight is 298 g/mol. The van der Waals surface area contributed by atoms with Gasteiger partial charge in [0, 0.05) is 17.8 Å². The Bertz CT molecular complexity index is 691. The maximum Gasteiger partial charge on any atom is 0.253 e. The van der Waals surface area contributed by atoms with Gasteiger partial charge in [-0.3, -0.25) is 9.59 Å². The van der Waals surface area contributed by atoms with E-state index in [0.717, 1.165) is 11.3 Å². The molecule has 20 heavy (non-hydrogen) atoms. The average Bonchev–Trinajstić information content (AvgIpc) is 2.68. The van der Waals surface area contributed by atoms with E-state index < -0.39 is 15.8 Å². The van der Waals surface area contributed by atoms with Crippen molar-refractivity contribution >= 4 is 15.7 Å². The number of rotatable bonds is 3. The van der Waals surface area contributed by atoms with Crippen LogP contribution in [0.25, 0.3) is 0 Å². The molecule has 0 aliphatic carbocycles. The van der Waals surface area contributed by atoms with Crippen molar-refractivity contribution in [1.29, 1.82) is 0 Å². The Hall–Kier alpha value is -1.63. The molecule has 1 aliphatic heterocycles. The summed E-state index contributed by atoms with van der Waals surface area (Å²) in [6.45, 7) is 3.72. The van der Waals surface area contributed by atoms with E-state index in [1.807, 2.05) is 13.0 Å². The predicted octanol–water partition coefficient (Wildman–Crippen LogP) is 0.0426. The Kier molecular flexibility index (Phi) is 3.99. The van der Waals surface area contributed by atoms with E-state index in [2.05, 4.69) is 10.3 Å². The van der Waals surface area contributed by atoms with Crippen LogP contribution in [0.15, 0.2) is 10.9 Å². The summed E-state index contributed by atoms with van der Waals surface area (Å²) in [5, 5.41) is 2.66. The molecule has 1 aromatic heterocycles. The van der Waals surface area contributed by atoms with Gasteiger partial charge in [0.05, 0.1) is 17.4 Å². The van der Waals surface area contributed by atoms with Crippen molar-refractivity contribution in [2.45, 2.75) is 26.8 Å². The summed E-state index contributed by atoms with van der Waals surface area (Å²) in [7, 11) is -3.07. The highest BCUT2D eigenvalue weighted by atomic mass is 32.2. The van der Waals surface area contributed by atoms with Gasteiger partial charge in [0.2, 0.25) is 5.91 Å². The summed E-state index contributed by atoms with van der Waals surface area (Å²) in [6.07, 6.45) is 0.359. The van der Waals surface area contributed by atoms with Crippen molar-refractivity contribution in [1.82, 2.24) is 10.3 Å². The maximum absolute atomic E-state index is 11.9. The number of pyridine rings is 1. The monoisotopic (exact) mass is 298 g/mol. The Morgan fingerprint density at radius 2 is 2.15 bits per heavy atom. The number of carbonyl (C=O) groups excluding carboxylic acids is 1. The van der Waals surface area contributed by atoms with Crippen molar-refractivity contribution in [2.75, 3.05) is 11.5 Å². The van der Waals surface area contributed by atoms with E-state index in [-0.39, 0.29) is 29.5 Å². The summed E-state index contributed by atoms with van der Waals surface area (Å²) >= 11 is 0. The van der Waals surface area contributed by atoms with Gasteiger partial charge in [-0.2, -0.15) is 0 Å². The van der Waals surface area contributed by atoms with Gasteiger partial charge >= 0.3 is 0 Å². The number of nitrogens with one attached hydrogen (secondary N) is 2. The van der Waals surface area contributed by atoms with Gasteiger partial charge < -0.3 is 10.3 Å². The van der Waals surface area contributed by atoms with Crippen LogP contribution in [0.5, 0.6) is 0 Å². The van der Waals surface area contributed by atoms with Crippen LogP contribution in [-0.2, 0) is 21.2 Å². The quantitative estimate of drug-likeness (QED) is 0.823. The van der Waals surface area contributed by atoms with E-state index in [4.69, 9.17) is 0 Å². The largest absolute Gasteiger partial charge is 0.352 e. The molecule has 2 rings (SSSR count). The van der Waals surface area contributed by atoms with Crippen LogP contribution in [-0.4, -0.2) is 30.8 Å². The minimum atomic E-state index is -3.07. The lowest BCUT2D eigenvalue weighted by Crippen LogP contribution is -2.33. The molecule has 7 heteroatoms. The highest BCUT2D eigenvalue weighted by Gasteiger charge is 2.32. The van der Waals surface area contributed by atoms with Crippen molar-refractivity contribution in [3.05, 3.63) is 33.2 Å². The third kappa shape index (κ3) is 3.27. The van der Waals surface area contributed by atoms with Crippen LogP contribution >= 0.6 is 0 Å². The first-order chi connectivity index (χ1) is 9.28. The predicted molar refractivity (Wildman–Crippen MR) is 75.1 cm³/mol. The van der Waals surface area contributed by atoms with Gasteiger partial charge in [-0.1, -0.05) is 0 Å². The first-order valence-corrected chi connectivity index (χ1v) is 8.28. The molecule has 0 spiro atoms. The number of hydrogen-bond acceptors (Lipinski definition) is 4. The summed E-state index contributed by atoms with van der Waals surface area (Å²) in [6, 6.07) is 1.84. The molecule has 1 fully saturated rings. The summed E-state index contributed by atoms with van der Waals surface area (Å²) in [4.78, 5) is 26.4. The SMILES string of the molecule is Cc1cc(C)c(CNC(=O)[C@@H]2CCS(=O)(=O)C2)c(=O)[nH]1. The molecule has 1 aliphatic rings. The normalized spacial score (nSPS) is 20.8. The van der Waals surface area contributed by atoms with Crippen LogP contribution in [0.3, 0.4) is 0 Å². The smallest absolute Gasteiger partial charge is 0.253 e. The second kappa shape index (κ2) is 5.40. The maximum atomic E-state index is 11.9. The zero-order chi connectivity index (χ0) is 14.9. The molecule has 110 valence electrons. The van der Waals surface area contributed by atoms with Gasteiger partial charge in [0.1, 0.15) is 0 Å². The Morgan fingerprint density at radius 3 is 2.70 bits per heavy atom. The van der Waals surface area contributed by atoms with Crippen LogP contribution in [0, 0.1) is 19.8 Å². The second-order valence-electron chi connectivity index (χ2n) is 5.26. The van der Waals surface area contributed by atoms with E-state index in [0.29, 0.717) is 12.0 Å². The van der Waals surface area contributed by atoms with E-state index in [1.54, 1.807) is 6.92 Å². The van der Waals surface area contributed by atoms with Crippen molar-refractivity contribution in [3.8, 4) is 0 Å². The first kappa shape index (κ1) is 14.8. The van der Waals surface area contributed by atoms with Crippen LogP contribution in [0.4, 0.5) is 0 Å². The molecular weight excluding hydrogens is 280 g/mol. The lowest BCUT2D eigenvalue weighted by atomic mass is 10.1. The minimum Gasteiger partial charge on any atom is -0.352 e. The third-order valence-electron chi connectivity index (χ3n) is 3.54. The molecule has 1 atom stereocenters. The fourth-order valence-electron chi connectivity index (χ4n) is 2.42. The summed E-state index contributed by atoms with van der Waals surface area (Å²) < 4.78 is 22.7. The van der Waals surface area contributed by atoms with E-state index in [1.165, 1.54) is 0 Å².